The number of esters is 1. The number of aliphatic hydroxyl groups excluding tert-OH is 1. The molecule has 4 fully saturated rings. The summed E-state index contributed by atoms with van der Waals surface area (Å²) < 4.78 is 25.1. The highest BCUT2D eigenvalue weighted by molar-refractivity contribution is 6.04. The van der Waals surface area contributed by atoms with Crippen LogP contribution in [0, 0.1) is 29.1 Å². The first kappa shape index (κ1) is 36.7. The highest BCUT2D eigenvalue weighted by atomic mass is 16.7. The smallest absolute Gasteiger partial charge is 0.319 e. The molecule has 0 aromatic carbocycles. The van der Waals surface area contributed by atoms with E-state index in [1.165, 1.54) is 32.2 Å². The highest BCUT2D eigenvalue weighted by Crippen LogP contribution is 2.39. The summed E-state index contributed by atoms with van der Waals surface area (Å²) in [6, 6.07) is -0.0961. The Morgan fingerprint density at radius 3 is 2.29 bits per heavy atom. The van der Waals surface area contributed by atoms with E-state index in [1.807, 2.05) is 32.8 Å². The Bertz CT molecular complexity index is 998. The Hall–Kier alpha value is -1.14. The molecule has 0 unspecified atom stereocenters. The van der Waals surface area contributed by atoms with Crippen molar-refractivity contribution < 1.29 is 33.6 Å². The molecule has 0 aromatic heterocycles. The number of aliphatic hydroxyl groups is 1. The van der Waals surface area contributed by atoms with Gasteiger partial charge in [0.15, 0.2) is 12.1 Å². The summed E-state index contributed by atoms with van der Waals surface area (Å²) in [5.41, 5.74) is -2.29. The molecule has 3 heterocycles. The predicted molar refractivity (Wildman–Crippen MR) is 174 cm³/mol. The molecule has 0 amide bonds. The Balaban J connectivity index is 1.58. The summed E-state index contributed by atoms with van der Waals surface area (Å²) in [6.45, 7) is 15.5. The van der Waals surface area contributed by atoms with Gasteiger partial charge in [-0.3, -0.25) is 14.5 Å². The standard InChI is InChI=1S/C35H63N3O7/c1-22-16-35(6,42-10)31(45-32-29(39)27(36(7)8)15-23(2)44-32)24(3)30(40)34(4,5)33(41)43-21-28(37(9)17-22)26-19-38(20-26)18-25-13-11-12-14-25/h22-29,31-32,39H,11-21H2,1-10H3/t22-,23-,24+,27+,28+,29-,31-,32+,35-/m1/s1. The van der Waals surface area contributed by atoms with E-state index in [0.717, 1.165) is 25.6 Å². The average Bonchev–Trinajstić information content (AvgIpc) is 3.47. The fourth-order valence-corrected chi connectivity index (χ4v) is 8.62. The molecular weight excluding hydrogens is 574 g/mol. The number of cyclic esters (lactones) is 1. The van der Waals surface area contributed by atoms with Crippen LogP contribution in [0.1, 0.15) is 80.1 Å². The Labute approximate surface area is 272 Å². The number of nitrogens with zero attached hydrogens (tertiary/aromatic N) is 3. The van der Waals surface area contributed by atoms with Crippen molar-refractivity contribution in [2.45, 2.75) is 122 Å². The van der Waals surface area contributed by atoms with E-state index in [-0.39, 0.29) is 36.5 Å². The number of hydrogen-bond donors (Lipinski definition) is 1. The van der Waals surface area contributed by atoms with E-state index in [1.54, 1.807) is 27.9 Å². The maximum Gasteiger partial charge on any atom is 0.319 e. The zero-order chi connectivity index (χ0) is 33.3. The van der Waals surface area contributed by atoms with Crippen molar-refractivity contribution in [2.75, 3.05) is 61.0 Å². The maximum absolute atomic E-state index is 14.2. The number of carbonyl (C=O) groups excluding carboxylic acids is 2. The monoisotopic (exact) mass is 637 g/mol. The second-order valence-electron chi connectivity index (χ2n) is 16.0. The van der Waals surface area contributed by atoms with Gasteiger partial charge in [-0.05, 0) is 86.4 Å². The van der Waals surface area contributed by atoms with Crippen LogP contribution in [-0.2, 0) is 28.5 Å². The van der Waals surface area contributed by atoms with Gasteiger partial charge in [-0.15, -0.1) is 0 Å². The van der Waals surface area contributed by atoms with E-state index in [2.05, 4.69) is 23.8 Å². The van der Waals surface area contributed by atoms with Gasteiger partial charge in [0, 0.05) is 57.2 Å². The van der Waals surface area contributed by atoms with Gasteiger partial charge in [-0.2, -0.15) is 0 Å². The van der Waals surface area contributed by atoms with E-state index in [4.69, 9.17) is 18.9 Å². The van der Waals surface area contributed by atoms with E-state index in [9.17, 15) is 14.7 Å². The first-order chi connectivity index (χ1) is 21.1. The van der Waals surface area contributed by atoms with Crippen molar-refractivity contribution in [1.29, 1.82) is 0 Å². The van der Waals surface area contributed by atoms with Crippen molar-refractivity contribution >= 4 is 11.8 Å². The molecule has 0 spiro atoms. The summed E-state index contributed by atoms with van der Waals surface area (Å²) in [5.74, 6) is -0.122. The molecule has 4 rings (SSSR count). The normalized spacial score (nSPS) is 40.4. The minimum absolute atomic E-state index is 0.0661. The number of ether oxygens (including phenoxy) is 4. The Morgan fingerprint density at radius 1 is 1.04 bits per heavy atom. The molecule has 10 heteroatoms. The molecule has 3 saturated heterocycles. The van der Waals surface area contributed by atoms with Crippen LogP contribution in [0.3, 0.4) is 0 Å². The third-order valence-corrected chi connectivity index (χ3v) is 11.4. The molecule has 0 aromatic rings. The largest absolute Gasteiger partial charge is 0.463 e. The van der Waals surface area contributed by atoms with Crippen LogP contribution in [0.4, 0.5) is 0 Å². The molecule has 4 aliphatic rings. The summed E-state index contributed by atoms with van der Waals surface area (Å²) in [4.78, 5) is 34.8. The number of likely N-dealkylation sites (tertiary alicyclic amines) is 1. The molecular formula is C35H63N3O7. The fraction of sp³-hybridized carbons (Fsp3) is 0.943. The SMILES string of the molecule is CO[C@]1(C)C[C@@H](C)CN(C)[C@H](C2CN(CC3CCCC3)C2)COC(=O)C(C)(C)C(=O)[C@H](C)[C@H]1O[C@@H]1O[C@H](C)C[C@H](N(C)C)[C@H]1O. The maximum atomic E-state index is 14.2. The zero-order valence-corrected chi connectivity index (χ0v) is 29.8. The number of likely N-dealkylation sites (N-methyl/N-ethyl adjacent to an activating group) is 2. The van der Waals surface area contributed by atoms with E-state index >= 15 is 0 Å². The number of ketones is 1. The number of Topliss-reactive ketones (excluding diaryl/α,β-unsaturated/α-hetero) is 1. The summed E-state index contributed by atoms with van der Waals surface area (Å²) >= 11 is 0. The molecule has 0 radical (unpaired) electrons. The minimum atomic E-state index is -1.39. The van der Waals surface area contributed by atoms with Crippen molar-refractivity contribution in [1.82, 2.24) is 14.7 Å². The fourth-order valence-electron chi connectivity index (χ4n) is 8.62. The van der Waals surface area contributed by atoms with Crippen molar-refractivity contribution in [3.63, 3.8) is 0 Å². The molecule has 260 valence electrons. The van der Waals surface area contributed by atoms with Gasteiger partial charge in [-0.1, -0.05) is 26.7 Å². The van der Waals surface area contributed by atoms with Crippen LogP contribution in [0.2, 0.25) is 0 Å². The predicted octanol–water partition coefficient (Wildman–Crippen LogP) is 3.44. The molecule has 45 heavy (non-hydrogen) atoms. The van der Waals surface area contributed by atoms with Crippen LogP contribution in [0.15, 0.2) is 0 Å². The van der Waals surface area contributed by atoms with Crippen LogP contribution < -0.4 is 0 Å². The minimum Gasteiger partial charge on any atom is -0.463 e. The zero-order valence-electron chi connectivity index (χ0n) is 29.8. The lowest BCUT2D eigenvalue weighted by atomic mass is 9.74. The molecule has 10 nitrogen and oxygen atoms in total. The number of rotatable bonds is 7. The topological polar surface area (TPSA) is 101 Å². The van der Waals surface area contributed by atoms with Gasteiger partial charge in [0.05, 0.1) is 17.8 Å². The molecule has 9 atom stereocenters. The van der Waals surface area contributed by atoms with Crippen molar-refractivity contribution in [3.05, 3.63) is 0 Å². The van der Waals surface area contributed by atoms with E-state index < -0.39 is 41.4 Å². The molecule has 3 aliphatic heterocycles. The van der Waals surface area contributed by atoms with Gasteiger partial charge in [0.25, 0.3) is 0 Å². The lowest BCUT2D eigenvalue weighted by molar-refractivity contribution is -0.295. The first-order valence-corrected chi connectivity index (χ1v) is 17.4. The molecule has 0 bridgehead atoms. The highest BCUT2D eigenvalue weighted by Gasteiger charge is 2.52. The van der Waals surface area contributed by atoms with Crippen molar-refractivity contribution in [2.24, 2.45) is 29.1 Å². The third kappa shape index (κ3) is 8.30. The lowest BCUT2D eigenvalue weighted by Crippen LogP contribution is -2.59. The average molecular weight is 638 g/mol. The number of hydrogen-bond acceptors (Lipinski definition) is 10. The third-order valence-electron chi connectivity index (χ3n) is 11.4. The summed E-state index contributed by atoms with van der Waals surface area (Å²) in [7, 11) is 7.65. The van der Waals surface area contributed by atoms with Gasteiger partial charge >= 0.3 is 5.97 Å². The van der Waals surface area contributed by atoms with Gasteiger partial charge < -0.3 is 33.9 Å². The second-order valence-corrected chi connectivity index (χ2v) is 16.0. The van der Waals surface area contributed by atoms with Gasteiger partial charge in [0.1, 0.15) is 18.1 Å². The number of carbonyl (C=O) groups is 2. The Morgan fingerprint density at radius 2 is 1.69 bits per heavy atom. The molecule has 1 saturated carbocycles. The quantitative estimate of drug-likeness (QED) is 0.330. The summed E-state index contributed by atoms with van der Waals surface area (Å²) in [5, 5.41) is 11.3. The van der Waals surface area contributed by atoms with Gasteiger partial charge in [0.2, 0.25) is 0 Å². The summed E-state index contributed by atoms with van der Waals surface area (Å²) in [6.07, 6.45) is 3.87. The van der Waals surface area contributed by atoms with Crippen LogP contribution in [-0.4, -0.2) is 135 Å². The van der Waals surface area contributed by atoms with Crippen LogP contribution in [0.25, 0.3) is 0 Å². The van der Waals surface area contributed by atoms with Crippen LogP contribution >= 0.6 is 0 Å². The lowest BCUT2D eigenvalue weighted by Gasteiger charge is -2.48. The first-order valence-electron chi connectivity index (χ1n) is 17.4. The Kier molecular flexibility index (Phi) is 12.2. The van der Waals surface area contributed by atoms with Gasteiger partial charge in [-0.25, -0.2) is 0 Å². The number of methoxy groups -OCH3 is 1. The molecule has 1 N–H and O–H groups in total. The molecule has 1 aliphatic carbocycles. The van der Waals surface area contributed by atoms with Crippen molar-refractivity contribution in [3.8, 4) is 0 Å². The van der Waals surface area contributed by atoms with E-state index in [0.29, 0.717) is 18.8 Å². The van der Waals surface area contributed by atoms with Crippen LogP contribution in [0.5, 0.6) is 0 Å². The second kappa shape index (κ2) is 15.0.